The number of benzene rings is 3. The van der Waals surface area contributed by atoms with E-state index in [-0.39, 0.29) is 23.3 Å². The summed E-state index contributed by atoms with van der Waals surface area (Å²) < 4.78 is 11.9. The minimum Gasteiger partial charge on any atom is -0.508 e. The Morgan fingerprint density at radius 2 is 1.78 bits per heavy atom. The molecule has 0 aromatic heterocycles. The standard InChI is InChI=1S/C22H19BrO4/c1-26-16-7-5-13(6-8-16)20-17-9-10-19(25)21(23)22(17)27-12-18(20)14-3-2-4-15(24)11-14/h2-11,18,20,24-25H,12H2,1H3. The first-order valence-corrected chi connectivity index (χ1v) is 9.45. The van der Waals surface area contributed by atoms with Gasteiger partial charge in [-0.3, -0.25) is 0 Å². The molecule has 138 valence electrons. The Kier molecular flexibility index (Phi) is 4.70. The number of methoxy groups -OCH3 is 1. The maximum absolute atomic E-state index is 10.0. The summed E-state index contributed by atoms with van der Waals surface area (Å²) in [6.45, 7) is 0.440. The number of hydrogen-bond donors (Lipinski definition) is 2. The number of halogens is 1. The second-order valence-corrected chi connectivity index (χ2v) is 7.37. The van der Waals surface area contributed by atoms with Crippen molar-refractivity contribution in [3.8, 4) is 23.0 Å². The van der Waals surface area contributed by atoms with Crippen molar-refractivity contribution in [1.82, 2.24) is 0 Å². The number of rotatable bonds is 3. The number of hydrogen-bond acceptors (Lipinski definition) is 4. The molecule has 0 bridgehead atoms. The van der Waals surface area contributed by atoms with Gasteiger partial charge in [0.25, 0.3) is 0 Å². The van der Waals surface area contributed by atoms with Gasteiger partial charge in [0, 0.05) is 17.4 Å². The van der Waals surface area contributed by atoms with Gasteiger partial charge in [-0.15, -0.1) is 0 Å². The van der Waals surface area contributed by atoms with Crippen LogP contribution < -0.4 is 9.47 Å². The average molecular weight is 427 g/mol. The normalized spacial score (nSPS) is 18.4. The van der Waals surface area contributed by atoms with Crippen molar-refractivity contribution in [2.45, 2.75) is 11.8 Å². The van der Waals surface area contributed by atoms with E-state index in [4.69, 9.17) is 9.47 Å². The lowest BCUT2D eigenvalue weighted by atomic mass is 9.76. The zero-order valence-electron chi connectivity index (χ0n) is 14.7. The molecule has 0 amide bonds. The van der Waals surface area contributed by atoms with Crippen LogP contribution in [0.25, 0.3) is 0 Å². The van der Waals surface area contributed by atoms with Gasteiger partial charge in [-0.05, 0) is 57.4 Å². The Morgan fingerprint density at radius 3 is 2.48 bits per heavy atom. The molecule has 2 N–H and O–H groups in total. The van der Waals surface area contributed by atoms with Crippen LogP contribution in [0.4, 0.5) is 0 Å². The summed E-state index contributed by atoms with van der Waals surface area (Å²) in [4.78, 5) is 0. The third kappa shape index (κ3) is 3.23. The highest BCUT2D eigenvalue weighted by molar-refractivity contribution is 9.10. The van der Waals surface area contributed by atoms with Crippen LogP contribution in [0.1, 0.15) is 28.5 Å². The molecular weight excluding hydrogens is 408 g/mol. The van der Waals surface area contributed by atoms with Crippen LogP contribution >= 0.6 is 15.9 Å². The zero-order chi connectivity index (χ0) is 19.0. The minimum absolute atomic E-state index is 0.0124. The summed E-state index contributed by atoms with van der Waals surface area (Å²) in [5, 5.41) is 20.0. The average Bonchev–Trinajstić information content (AvgIpc) is 2.70. The van der Waals surface area contributed by atoms with E-state index in [1.807, 2.05) is 30.3 Å². The van der Waals surface area contributed by atoms with Crippen molar-refractivity contribution < 1.29 is 19.7 Å². The van der Waals surface area contributed by atoms with Crippen LogP contribution in [0.3, 0.4) is 0 Å². The van der Waals surface area contributed by atoms with Crippen LogP contribution in [0.2, 0.25) is 0 Å². The molecule has 0 radical (unpaired) electrons. The summed E-state index contributed by atoms with van der Waals surface area (Å²) in [7, 11) is 1.65. The third-order valence-corrected chi connectivity index (χ3v) is 5.79. The quantitative estimate of drug-likeness (QED) is 0.605. The maximum atomic E-state index is 10.0. The van der Waals surface area contributed by atoms with Gasteiger partial charge in [0.2, 0.25) is 0 Å². The fourth-order valence-corrected chi connectivity index (χ4v) is 4.18. The SMILES string of the molecule is COc1ccc(C2c3ccc(O)c(Br)c3OCC2c2cccc(O)c2)cc1. The molecule has 0 saturated heterocycles. The van der Waals surface area contributed by atoms with Crippen LogP contribution in [0.5, 0.6) is 23.0 Å². The summed E-state index contributed by atoms with van der Waals surface area (Å²) in [5.74, 6) is 1.88. The van der Waals surface area contributed by atoms with E-state index in [0.717, 1.165) is 22.4 Å². The number of phenols is 2. The van der Waals surface area contributed by atoms with E-state index in [2.05, 4.69) is 28.1 Å². The molecular formula is C22H19BrO4. The predicted molar refractivity (Wildman–Crippen MR) is 107 cm³/mol. The molecule has 27 heavy (non-hydrogen) atoms. The number of phenolic OH excluding ortho intramolecular Hbond substituents is 2. The highest BCUT2D eigenvalue weighted by atomic mass is 79.9. The van der Waals surface area contributed by atoms with E-state index in [0.29, 0.717) is 16.8 Å². The predicted octanol–water partition coefficient (Wildman–Crippen LogP) is 5.18. The Balaban J connectivity index is 1.87. The Bertz CT molecular complexity index is 969. The fraction of sp³-hybridized carbons (Fsp3) is 0.182. The molecule has 0 spiro atoms. The van der Waals surface area contributed by atoms with E-state index >= 15 is 0 Å². The van der Waals surface area contributed by atoms with Gasteiger partial charge in [-0.2, -0.15) is 0 Å². The lowest BCUT2D eigenvalue weighted by Crippen LogP contribution is -2.25. The molecule has 1 aliphatic rings. The largest absolute Gasteiger partial charge is 0.508 e. The van der Waals surface area contributed by atoms with Crippen molar-refractivity contribution in [3.63, 3.8) is 0 Å². The molecule has 1 heterocycles. The first kappa shape index (κ1) is 17.7. The van der Waals surface area contributed by atoms with Gasteiger partial charge in [0.05, 0.1) is 13.7 Å². The maximum Gasteiger partial charge on any atom is 0.141 e. The first-order valence-electron chi connectivity index (χ1n) is 8.65. The number of ether oxygens (including phenoxy) is 2. The van der Waals surface area contributed by atoms with E-state index < -0.39 is 0 Å². The van der Waals surface area contributed by atoms with Crippen LogP contribution in [-0.2, 0) is 0 Å². The van der Waals surface area contributed by atoms with Crippen LogP contribution in [0, 0.1) is 0 Å². The molecule has 3 aromatic carbocycles. The zero-order valence-corrected chi connectivity index (χ0v) is 16.3. The summed E-state index contributed by atoms with van der Waals surface area (Å²) in [6.07, 6.45) is 0. The van der Waals surface area contributed by atoms with Gasteiger partial charge in [-0.25, -0.2) is 0 Å². The lowest BCUT2D eigenvalue weighted by molar-refractivity contribution is 0.245. The minimum atomic E-state index is 0.0124. The molecule has 0 saturated carbocycles. The third-order valence-electron chi connectivity index (χ3n) is 5.03. The van der Waals surface area contributed by atoms with Crippen molar-refractivity contribution in [3.05, 3.63) is 81.8 Å². The monoisotopic (exact) mass is 426 g/mol. The molecule has 2 unspecified atom stereocenters. The summed E-state index contributed by atoms with van der Waals surface area (Å²) >= 11 is 3.44. The number of fused-ring (bicyclic) bond motifs is 1. The molecule has 1 aliphatic heterocycles. The smallest absolute Gasteiger partial charge is 0.141 e. The van der Waals surface area contributed by atoms with Crippen LogP contribution in [-0.4, -0.2) is 23.9 Å². The van der Waals surface area contributed by atoms with Crippen molar-refractivity contribution in [1.29, 1.82) is 0 Å². The topological polar surface area (TPSA) is 58.9 Å². The number of aromatic hydroxyl groups is 2. The Hall–Kier alpha value is -2.66. The first-order chi connectivity index (χ1) is 13.1. The van der Waals surface area contributed by atoms with Crippen molar-refractivity contribution in [2.75, 3.05) is 13.7 Å². The van der Waals surface area contributed by atoms with Gasteiger partial charge < -0.3 is 19.7 Å². The molecule has 3 aromatic rings. The molecule has 4 rings (SSSR count). The van der Waals surface area contributed by atoms with Crippen LogP contribution in [0.15, 0.2) is 65.1 Å². The molecule has 0 aliphatic carbocycles. The fourth-order valence-electron chi connectivity index (χ4n) is 3.71. The summed E-state index contributed by atoms with van der Waals surface area (Å²) in [5.41, 5.74) is 3.11. The molecule has 0 fully saturated rings. The highest BCUT2D eigenvalue weighted by Gasteiger charge is 2.35. The second kappa shape index (κ2) is 7.16. The van der Waals surface area contributed by atoms with E-state index in [1.165, 1.54) is 0 Å². The van der Waals surface area contributed by atoms with Gasteiger partial charge in [-0.1, -0.05) is 30.3 Å². The van der Waals surface area contributed by atoms with Crippen molar-refractivity contribution >= 4 is 15.9 Å². The lowest BCUT2D eigenvalue weighted by Gasteiger charge is -2.35. The van der Waals surface area contributed by atoms with Gasteiger partial charge >= 0.3 is 0 Å². The van der Waals surface area contributed by atoms with Crippen molar-refractivity contribution in [2.24, 2.45) is 0 Å². The highest BCUT2D eigenvalue weighted by Crippen LogP contribution is 2.50. The van der Waals surface area contributed by atoms with E-state index in [1.54, 1.807) is 25.3 Å². The van der Waals surface area contributed by atoms with Gasteiger partial charge in [0.15, 0.2) is 0 Å². The molecule has 2 atom stereocenters. The second-order valence-electron chi connectivity index (χ2n) is 6.58. The molecule has 5 heteroatoms. The summed E-state index contributed by atoms with van der Waals surface area (Å²) in [6, 6.07) is 18.9. The van der Waals surface area contributed by atoms with E-state index in [9.17, 15) is 10.2 Å². The van der Waals surface area contributed by atoms with Gasteiger partial charge in [0.1, 0.15) is 27.5 Å². The Labute approximate surface area is 166 Å². The Morgan fingerprint density at radius 1 is 1.00 bits per heavy atom. The molecule has 4 nitrogen and oxygen atoms in total.